The average molecular weight is 1140 g/mol. The molecule has 8 saturated carbocycles. The van der Waals surface area contributed by atoms with Crippen molar-refractivity contribution in [3.63, 3.8) is 0 Å². The third-order valence-corrected chi connectivity index (χ3v) is 28.7. The maximum absolute atomic E-state index is 11.9. The molecule has 77 heavy (non-hydrogen) atoms. The molecular weight excluding hydrogens is 1020 g/mol. The van der Waals surface area contributed by atoms with Crippen LogP contribution in [0, 0.1) is 110 Å². The molecule has 2 N–H and O–H groups in total. The molecule has 0 aliphatic heterocycles. The lowest BCUT2D eigenvalue weighted by Crippen LogP contribution is -2.63. The van der Waals surface area contributed by atoms with E-state index in [1.165, 1.54) is 105 Å². The van der Waals surface area contributed by atoms with Gasteiger partial charge in [-0.1, -0.05) is 123 Å². The van der Waals surface area contributed by atoms with E-state index >= 15 is 0 Å². The lowest BCUT2D eigenvalue weighted by molar-refractivity contribution is -0.203. The molecule has 0 spiro atoms. The molecule has 8 fully saturated rings. The van der Waals surface area contributed by atoms with Crippen LogP contribution in [0.4, 0.5) is 0 Å². The van der Waals surface area contributed by atoms with Gasteiger partial charge in [0.1, 0.15) is 20.0 Å². The van der Waals surface area contributed by atoms with Gasteiger partial charge in [0, 0.05) is 23.7 Å². The van der Waals surface area contributed by atoms with E-state index in [2.05, 4.69) is 144 Å². The minimum Gasteiger partial charge on any atom is -0.414 e. The Kier molecular flexibility index (Phi) is 18.8. The van der Waals surface area contributed by atoms with Crippen LogP contribution < -0.4 is 0 Å². The Labute approximate surface area is 487 Å². The van der Waals surface area contributed by atoms with Crippen LogP contribution in [-0.4, -0.2) is 57.2 Å². The molecule has 0 aromatic carbocycles. The topological polar surface area (TPSA) is 101 Å². The number of aliphatic hydroxyl groups is 2. The normalized spacial score (nSPS) is 43.5. The first kappa shape index (κ1) is 62.6. The zero-order chi connectivity index (χ0) is 55.3. The van der Waals surface area contributed by atoms with Gasteiger partial charge in [0.05, 0.1) is 18.3 Å². The van der Waals surface area contributed by atoms with Gasteiger partial charge in [-0.3, -0.25) is 0 Å². The van der Waals surface area contributed by atoms with Crippen LogP contribution in [-0.2, 0) is 28.1 Å². The summed E-state index contributed by atoms with van der Waals surface area (Å²) in [7, 11) is -1.66. The molecule has 2 aromatic rings. The number of aliphatic hydroxyl groups excluding tert-OH is 2. The van der Waals surface area contributed by atoms with Gasteiger partial charge in [0.25, 0.3) is 0 Å². The smallest absolute Gasteiger partial charge is 0.184 e. The van der Waals surface area contributed by atoms with Crippen LogP contribution >= 0.6 is 35.1 Å². The van der Waals surface area contributed by atoms with Crippen molar-refractivity contribution in [1.29, 1.82) is 0 Å². The minimum atomic E-state index is -1.66. The first-order chi connectivity index (χ1) is 35.5. The van der Waals surface area contributed by atoms with Gasteiger partial charge in [-0.2, -0.15) is 0 Å². The Morgan fingerprint density at radius 2 is 1.00 bits per heavy atom. The molecule has 8 aliphatic carbocycles. The van der Waals surface area contributed by atoms with Gasteiger partial charge in [0.15, 0.2) is 8.32 Å². The van der Waals surface area contributed by atoms with Crippen molar-refractivity contribution in [3.05, 3.63) is 20.0 Å². The molecule has 0 amide bonds. The standard InChI is InChI=1S/C35H62N2OSSi.C31H52N2O2S.ClH/c1-12-24-28-21-22(2)17-19-35(28,8)27-18-20-34(7)25(14-15-26(34)30(27)31(24)38-40(9,10)11)23(3)13-16-29-36-37-32(39-29)33(4,5)6;1-8-20-24-17-19(34)13-15-31(24,7)23-14-16-30(6)21(10-11-22(30)26(23)27(20)35)18(2)9-12-25-32-33-28(36-25)29(3,4)5;/h22-28,30-31H,12-21H2,1-11H3;18-24,26-27,34-35H,8-17H2,1-7H3;1H/t22-,23-,24-,25-,26+,27+,28+,30+,31-,34-,35-;18-,19-,20-,21-,22+,23+,24+,26+,27-,30-,31-;/m11./s1. The van der Waals surface area contributed by atoms with E-state index in [0.29, 0.717) is 57.9 Å². The lowest BCUT2D eigenvalue weighted by Gasteiger charge is -2.66. The van der Waals surface area contributed by atoms with Gasteiger partial charge in [-0.15, -0.1) is 55.5 Å². The molecule has 2 heterocycles. The summed E-state index contributed by atoms with van der Waals surface area (Å²) in [5, 5.41) is 45.4. The fourth-order valence-electron chi connectivity index (χ4n) is 21.0. The van der Waals surface area contributed by atoms with Crippen molar-refractivity contribution < 1.29 is 14.6 Å². The fraction of sp³-hybridized carbons (Fsp3) is 0.939. The molecule has 2 aromatic heterocycles. The van der Waals surface area contributed by atoms with Crippen molar-refractivity contribution in [2.75, 3.05) is 0 Å². The highest BCUT2D eigenvalue weighted by molar-refractivity contribution is 7.11. The molecule has 0 radical (unpaired) electrons. The van der Waals surface area contributed by atoms with Crippen LogP contribution in [0.5, 0.6) is 0 Å². The van der Waals surface area contributed by atoms with Crippen LogP contribution in [0.2, 0.25) is 19.6 Å². The van der Waals surface area contributed by atoms with E-state index in [0.717, 1.165) is 96.8 Å². The Balaban J connectivity index is 0.000000202. The Bertz CT molecular complexity index is 2270. The third-order valence-electron chi connectivity index (χ3n) is 24.9. The number of aryl methyl sites for hydroxylation is 2. The van der Waals surface area contributed by atoms with Crippen molar-refractivity contribution in [1.82, 2.24) is 20.4 Å². The molecule has 10 rings (SSSR count). The zero-order valence-corrected chi connectivity index (χ0v) is 55.8. The number of nitrogens with zero attached hydrogens (tertiary/aromatic N) is 4. The Hall–Kier alpha value is -0.493. The summed E-state index contributed by atoms with van der Waals surface area (Å²) in [6, 6.07) is 0. The summed E-state index contributed by atoms with van der Waals surface area (Å²) in [5.41, 5.74) is 1.79. The van der Waals surface area contributed by atoms with E-state index in [9.17, 15) is 10.2 Å². The number of aromatic nitrogens is 4. The summed E-state index contributed by atoms with van der Waals surface area (Å²) in [6.07, 6.45) is 25.3. The minimum absolute atomic E-state index is 0. The van der Waals surface area contributed by atoms with Crippen LogP contribution in [0.3, 0.4) is 0 Å². The number of hydrogen-bond acceptors (Lipinski definition) is 9. The molecule has 0 saturated heterocycles. The SMILES string of the molecule is CC[C@H]1[C@@H](O)[C@@H]2[C@H](CC[C@]3(C)[C@@H]([C@H](C)CCc4nnc(C(C)(C)C)s4)CC[C@@H]23)[C@@]2(C)CC[C@@H](O)C[C@@H]12.CC[C@H]1[C@@H](O[Si](C)(C)C)[C@@H]2[C@H](CC[C@]3(C)[C@@H]([C@H](C)CCc4nnc(C(C)(C)C)s4)CC[C@@H]23)[C@@]2(C)CC[C@@H](C)C[C@@H]12.Cl. The first-order valence-corrected chi connectivity index (χ1v) is 37.2. The highest BCUT2D eigenvalue weighted by atomic mass is 35.5. The predicted octanol–water partition coefficient (Wildman–Crippen LogP) is 17.6. The second kappa shape index (κ2) is 23.2. The van der Waals surface area contributed by atoms with Crippen molar-refractivity contribution in [2.24, 2.45) is 110 Å². The van der Waals surface area contributed by atoms with Crippen LogP contribution in [0.1, 0.15) is 239 Å². The van der Waals surface area contributed by atoms with Gasteiger partial charge in [-0.25, -0.2) is 0 Å². The molecule has 7 nitrogen and oxygen atoms in total. The quantitative estimate of drug-likeness (QED) is 0.204. The molecule has 8 aliphatic rings. The van der Waals surface area contributed by atoms with Gasteiger partial charge in [-0.05, 0) is 226 Å². The maximum atomic E-state index is 11.9. The predicted molar refractivity (Wildman–Crippen MR) is 328 cm³/mol. The number of halogens is 1. The highest BCUT2D eigenvalue weighted by Gasteiger charge is 2.67. The first-order valence-electron chi connectivity index (χ1n) is 32.2. The average Bonchev–Trinajstić information content (AvgIpc) is 4.34. The van der Waals surface area contributed by atoms with Crippen LogP contribution in [0.25, 0.3) is 0 Å². The van der Waals surface area contributed by atoms with Crippen molar-refractivity contribution >= 4 is 43.4 Å². The zero-order valence-electron chi connectivity index (χ0n) is 52.4. The second-order valence-electron chi connectivity index (χ2n) is 32.4. The number of rotatable bonds is 12. The van der Waals surface area contributed by atoms with E-state index in [4.69, 9.17) is 4.43 Å². The van der Waals surface area contributed by atoms with Gasteiger partial charge < -0.3 is 14.6 Å². The lowest BCUT2D eigenvalue weighted by atomic mass is 9.41. The fourth-order valence-corrected chi connectivity index (χ4v) is 24.0. The van der Waals surface area contributed by atoms with E-state index < -0.39 is 8.32 Å². The second-order valence-corrected chi connectivity index (χ2v) is 39.0. The van der Waals surface area contributed by atoms with E-state index in [1.807, 2.05) is 11.3 Å². The van der Waals surface area contributed by atoms with E-state index in [-0.39, 0.29) is 40.9 Å². The summed E-state index contributed by atoms with van der Waals surface area (Å²) in [4.78, 5) is 0. The third kappa shape index (κ3) is 11.7. The molecular formula is C66H115ClN4O3S2Si. The van der Waals surface area contributed by atoms with Crippen molar-refractivity contribution in [3.8, 4) is 0 Å². The van der Waals surface area contributed by atoms with Crippen molar-refractivity contribution in [2.45, 2.75) is 281 Å². The summed E-state index contributed by atoms with van der Waals surface area (Å²) in [6.45, 7) is 43.7. The number of hydrogen-bond donors (Lipinski definition) is 2. The molecule has 0 unspecified atom stereocenters. The summed E-state index contributed by atoms with van der Waals surface area (Å²) >= 11 is 3.65. The maximum Gasteiger partial charge on any atom is 0.184 e. The number of fused-ring (bicyclic) bond motifs is 10. The molecule has 11 heteroatoms. The molecule has 440 valence electrons. The highest BCUT2D eigenvalue weighted by Crippen LogP contribution is 2.72. The van der Waals surface area contributed by atoms with Gasteiger partial charge in [0.2, 0.25) is 0 Å². The Morgan fingerprint density at radius 1 is 0.571 bits per heavy atom. The van der Waals surface area contributed by atoms with Crippen LogP contribution in [0.15, 0.2) is 0 Å². The summed E-state index contributed by atoms with van der Waals surface area (Å²) in [5.74, 6) is 10.5. The van der Waals surface area contributed by atoms with E-state index in [1.54, 1.807) is 11.3 Å². The molecule has 22 atom stereocenters. The monoisotopic (exact) mass is 1140 g/mol. The molecule has 0 bridgehead atoms. The summed E-state index contributed by atoms with van der Waals surface area (Å²) < 4.78 is 7.39. The largest absolute Gasteiger partial charge is 0.414 e. The Morgan fingerprint density at radius 3 is 1.45 bits per heavy atom. The van der Waals surface area contributed by atoms with Gasteiger partial charge >= 0.3 is 0 Å².